The molecule has 0 unspecified atom stereocenters. The van der Waals surface area contributed by atoms with E-state index < -0.39 is 0 Å². The van der Waals surface area contributed by atoms with Gasteiger partial charge in [0.2, 0.25) is 0 Å². The number of nitrogens with zero attached hydrogens (tertiary/aromatic N) is 2. The maximum atomic E-state index is 4.94. The molecular formula is C55H42N2. The fourth-order valence-corrected chi connectivity index (χ4v) is 10.1. The summed E-state index contributed by atoms with van der Waals surface area (Å²) in [4.78, 5) is 4.94. The van der Waals surface area contributed by atoms with Crippen LogP contribution in [0.2, 0.25) is 0 Å². The molecule has 2 nitrogen and oxygen atoms in total. The molecule has 2 heterocycles. The third kappa shape index (κ3) is 4.68. The second-order valence-corrected chi connectivity index (χ2v) is 16.9. The van der Waals surface area contributed by atoms with E-state index in [1.54, 1.807) is 0 Å². The van der Waals surface area contributed by atoms with Crippen LogP contribution in [0.15, 0.2) is 177 Å². The lowest BCUT2D eigenvalue weighted by Gasteiger charge is -2.22. The van der Waals surface area contributed by atoms with Gasteiger partial charge in [0.05, 0.1) is 22.2 Å². The first kappa shape index (κ1) is 33.6. The van der Waals surface area contributed by atoms with E-state index >= 15 is 0 Å². The Balaban J connectivity index is 1.16. The van der Waals surface area contributed by atoms with Gasteiger partial charge >= 0.3 is 0 Å². The zero-order valence-electron chi connectivity index (χ0n) is 32.8. The molecule has 2 heteroatoms. The van der Waals surface area contributed by atoms with Crippen molar-refractivity contribution >= 4 is 49.1 Å². The van der Waals surface area contributed by atoms with E-state index in [2.05, 4.69) is 185 Å². The van der Waals surface area contributed by atoms with Crippen LogP contribution in [-0.2, 0) is 10.8 Å². The maximum absolute atomic E-state index is 4.94. The molecule has 0 bridgehead atoms. The van der Waals surface area contributed by atoms with Crippen LogP contribution in [-0.4, -0.2) is 9.55 Å². The summed E-state index contributed by atoms with van der Waals surface area (Å²) in [5.41, 5.74) is 19.4. The summed E-state index contributed by atoms with van der Waals surface area (Å²) in [6.07, 6.45) is 5.87. The summed E-state index contributed by atoms with van der Waals surface area (Å²) in [6, 6.07) is 52.1. The van der Waals surface area contributed by atoms with Crippen molar-refractivity contribution in [3.8, 4) is 39.1 Å². The standard InChI is InChI=1S/C55H42N2/c1-7-12-40-33(2)54(3,4)47-31-38(20-24-42(40)47)36-22-26-49-44(29-36)45-30-37(39-21-25-43-41-15-8-9-16-46(41)55(5,6)48(43)32-39)23-27-50(45)57(49)51-17-10-13-34-18-19-35-14-11-28-56-53(35)52(34)51/h7-32H,1-2H2,3-6H3/b40-12+. The SMILES string of the molecule is C=C/C=C1\C(=C)C(C)(C)c2cc(-c3ccc4c(c3)c3cc(-c5ccc6c(c5)C(C)(C)c5ccccc5-6)ccc3n4-c3cccc4ccc5cccnc5c34)ccc21. The van der Waals surface area contributed by atoms with Crippen molar-refractivity contribution in [2.24, 2.45) is 0 Å². The Morgan fingerprint density at radius 1 is 0.544 bits per heavy atom. The fraction of sp³-hybridized carbons (Fsp3) is 0.109. The van der Waals surface area contributed by atoms with Crippen LogP contribution in [0.4, 0.5) is 0 Å². The summed E-state index contributed by atoms with van der Waals surface area (Å²) < 4.78 is 2.46. The number of benzene rings is 7. The normalized spacial score (nSPS) is 15.8. The van der Waals surface area contributed by atoms with Crippen LogP contribution in [0.5, 0.6) is 0 Å². The van der Waals surface area contributed by atoms with Crippen molar-refractivity contribution in [2.75, 3.05) is 0 Å². The fourth-order valence-electron chi connectivity index (χ4n) is 10.1. The lowest BCUT2D eigenvalue weighted by atomic mass is 9.81. The Kier molecular flexibility index (Phi) is 6.99. The molecule has 0 fully saturated rings. The minimum atomic E-state index is -0.174. The van der Waals surface area contributed by atoms with Gasteiger partial charge in [0, 0.05) is 38.6 Å². The van der Waals surface area contributed by atoms with E-state index in [4.69, 9.17) is 4.98 Å². The molecule has 2 aromatic heterocycles. The molecule has 2 aliphatic rings. The summed E-state index contributed by atoms with van der Waals surface area (Å²) in [5, 5.41) is 5.92. The van der Waals surface area contributed by atoms with Gasteiger partial charge in [0.25, 0.3) is 0 Å². The number of hydrogen-bond donors (Lipinski definition) is 0. The zero-order chi connectivity index (χ0) is 38.8. The molecule has 0 saturated heterocycles. The van der Waals surface area contributed by atoms with E-state index in [1.165, 1.54) is 88.4 Å². The summed E-state index contributed by atoms with van der Waals surface area (Å²) in [6.45, 7) is 17.8. The van der Waals surface area contributed by atoms with Crippen molar-refractivity contribution in [1.82, 2.24) is 9.55 Å². The predicted molar refractivity (Wildman–Crippen MR) is 242 cm³/mol. The van der Waals surface area contributed by atoms with Crippen molar-refractivity contribution < 1.29 is 0 Å². The molecular weight excluding hydrogens is 689 g/mol. The van der Waals surface area contributed by atoms with Gasteiger partial charge in [-0.05, 0) is 121 Å². The van der Waals surface area contributed by atoms with E-state index in [1.807, 2.05) is 18.3 Å². The van der Waals surface area contributed by atoms with E-state index in [0.717, 1.165) is 27.5 Å². The van der Waals surface area contributed by atoms with Gasteiger partial charge in [-0.3, -0.25) is 4.98 Å². The quantitative estimate of drug-likeness (QED) is 0.165. The molecule has 0 amide bonds. The highest BCUT2D eigenvalue weighted by Crippen LogP contribution is 2.51. The van der Waals surface area contributed by atoms with Gasteiger partial charge in [0.15, 0.2) is 0 Å². The van der Waals surface area contributed by atoms with E-state index in [0.29, 0.717) is 0 Å². The molecule has 0 saturated carbocycles. The average molecular weight is 731 g/mol. The lowest BCUT2D eigenvalue weighted by molar-refractivity contribution is 0.660. The van der Waals surface area contributed by atoms with Gasteiger partial charge < -0.3 is 4.57 Å². The van der Waals surface area contributed by atoms with Crippen molar-refractivity contribution in [3.63, 3.8) is 0 Å². The van der Waals surface area contributed by atoms with Crippen molar-refractivity contribution in [1.29, 1.82) is 0 Å². The number of hydrogen-bond acceptors (Lipinski definition) is 1. The largest absolute Gasteiger partial charge is 0.309 e. The van der Waals surface area contributed by atoms with Crippen LogP contribution < -0.4 is 0 Å². The monoisotopic (exact) mass is 730 g/mol. The second kappa shape index (κ2) is 11.9. The van der Waals surface area contributed by atoms with Gasteiger partial charge in [-0.2, -0.15) is 0 Å². The Labute approximate surface area is 333 Å². The summed E-state index contributed by atoms with van der Waals surface area (Å²) >= 11 is 0. The average Bonchev–Trinajstić information content (AvgIpc) is 3.76. The first-order valence-corrected chi connectivity index (χ1v) is 19.9. The van der Waals surface area contributed by atoms with Gasteiger partial charge in [0.1, 0.15) is 0 Å². The van der Waals surface area contributed by atoms with Crippen molar-refractivity contribution in [3.05, 3.63) is 199 Å². The highest BCUT2D eigenvalue weighted by molar-refractivity contribution is 6.15. The molecule has 9 aromatic rings. The number of rotatable bonds is 4. The van der Waals surface area contributed by atoms with Crippen LogP contribution in [0.1, 0.15) is 49.9 Å². The van der Waals surface area contributed by atoms with Gasteiger partial charge in [-0.15, -0.1) is 0 Å². The molecule has 2 aliphatic carbocycles. The lowest BCUT2D eigenvalue weighted by Crippen LogP contribution is -2.14. The maximum Gasteiger partial charge on any atom is 0.0801 e. The number of aromatic nitrogens is 2. The number of allylic oxidation sites excluding steroid dienone is 4. The van der Waals surface area contributed by atoms with Crippen molar-refractivity contribution in [2.45, 2.75) is 38.5 Å². The van der Waals surface area contributed by atoms with Crippen LogP contribution in [0, 0.1) is 0 Å². The topological polar surface area (TPSA) is 17.8 Å². The van der Waals surface area contributed by atoms with E-state index in [9.17, 15) is 0 Å². The third-order valence-corrected chi connectivity index (χ3v) is 13.2. The number of fused-ring (bicyclic) bond motifs is 10. The van der Waals surface area contributed by atoms with Crippen LogP contribution in [0.25, 0.3) is 88.1 Å². The Hall–Kier alpha value is -6.77. The summed E-state index contributed by atoms with van der Waals surface area (Å²) in [5.74, 6) is 0. The molecule has 272 valence electrons. The Morgan fingerprint density at radius 3 is 1.86 bits per heavy atom. The number of pyridine rings is 1. The summed E-state index contributed by atoms with van der Waals surface area (Å²) in [7, 11) is 0. The highest BCUT2D eigenvalue weighted by Gasteiger charge is 2.37. The molecule has 0 N–H and O–H groups in total. The van der Waals surface area contributed by atoms with E-state index in [-0.39, 0.29) is 10.8 Å². The molecule has 7 aromatic carbocycles. The first-order chi connectivity index (χ1) is 27.6. The molecule has 11 rings (SSSR count). The van der Waals surface area contributed by atoms with Crippen LogP contribution >= 0.6 is 0 Å². The highest BCUT2D eigenvalue weighted by atomic mass is 15.0. The van der Waals surface area contributed by atoms with Crippen LogP contribution in [0.3, 0.4) is 0 Å². The second-order valence-electron chi connectivity index (χ2n) is 16.9. The minimum absolute atomic E-state index is 0.0683. The molecule has 0 radical (unpaired) electrons. The smallest absolute Gasteiger partial charge is 0.0801 e. The molecule has 57 heavy (non-hydrogen) atoms. The predicted octanol–water partition coefficient (Wildman–Crippen LogP) is 14.5. The Morgan fingerprint density at radius 2 is 1.14 bits per heavy atom. The zero-order valence-corrected chi connectivity index (χ0v) is 32.8. The molecule has 0 aliphatic heterocycles. The molecule has 0 atom stereocenters. The van der Waals surface area contributed by atoms with Gasteiger partial charge in [-0.25, -0.2) is 0 Å². The van der Waals surface area contributed by atoms with Gasteiger partial charge in [-0.1, -0.05) is 144 Å². The minimum Gasteiger partial charge on any atom is -0.309 e. The molecule has 0 spiro atoms. The Bertz CT molecular complexity index is 3270. The first-order valence-electron chi connectivity index (χ1n) is 19.9. The third-order valence-electron chi connectivity index (χ3n) is 13.2.